The van der Waals surface area contributed by atoms with Gasteiger partial charge in [-0.1, -0.05) is 20.8 Å². The lowest BCUT2D eigenvalue weighted by Gasteiger charge is -2.51. The highest BCUT2D eigenvalue weighted by atomic mass is 16.7. The number of rotatable bonds is 45. The first-order chi connectivity index (χ1) is 38.4. The van der Waals surface area contributed by atoms with Crippen LogP contribution in [0.25, 0.3) is 0 Å². The van der Waals surface area contributed by atoms with Gasteiger partial charge in [-0.25, -0.2) is 0 Å². The Morgan fingerprint density at radius 2 is 0.345 bits per heavy atom. The Balaban J connectivity index is 7.45. The lowest BCUT2D eigenvalue weighted by molar-refractivity contribution is -0.360. The molecule has 3 atom stereocenters. The van der Waals surface area contributed by atoms with Gasteiger partial charge >= 0.3 is 0 Å². The second-order valence-electron chi connectivity index (χ2n) is 34.5. The Labute approximate surface area is 539 Å². The van der Waals surface area contributed by atoms with E-state index in [0.29, 0.717) is 77.0 Å². The van der Waals surface area contributed by atoms with Crippen LogP contribution in [0.4, 0.5) is 0 Å². The number of hydrogen-bond donors (Lipinski definition) is 0. The van der Waals surface area contributed by atoms with Crippen molar-refractivity contribution < 1.29 is 66.3 Å². The normalized spacial score (nSPS) is 17.0. The highest BCUT2D eigenvalue weighted by Gasteiger charge is 2.51. The molecule has 14 heteroatoms. The molecule has 0 saturated carbocycles. The van der Waals surface area contributed by atoms with E-state index in [1.165, 1.54) is 0 Å². The standard InChI is InChI=1S/C73H148O14/c1-52(2)74-67(33,75-53(3)4)46-40-61(21,22)82-71(37,83-62(23,24)41-47-68(34,76-54(5)6)77-55(7)8)50-44-65(29,30)86-73(39,59(15,16)17)87-66(31,32)45-51-72(38,84-63(25,26)42-48-69(35,78-56(9)10)79-57(11)12)85-64(27,28)43-49-70(36,80-58(13)14)81-60(18,19)20/h52-58H,40-51H2,1-39H3. The zero-order valence-electron chi connectivity index (χ0n) is 64.7. The minimum Gasteiger partial charge on any atom is -0.348 e. The van der Waals surface area contributed by atoms with E-state index in [0.717, 1.165) is 0 Å². The maximum absolute atomic E-state index is 7.44. The molecule has 14 nitrogen and oxygen atoms in total. The minimum atomic E-state index is -1.08. The van der Waals surface area contributed by atoms with Crippen molar-refractivity contribution in [1.82, 2.24) is 0 Å². The van der Waals surface area contributed by atoms with Gasteiger partial charge in [-0.3, -0.25) is 0 Å². The predicted octanol–water partition coefficient (Wildman–Crippen LogP) is 20.3. The molecule has 0 spiro atoms. The molecule has 0 aromatic heterocycles. The van der Waals surface area contributed by atoms with Crippen LogP contribution >= 0.6 is 0 Å². The molecule has 0 saturated heterocycles. The SMILES string of the molecule is CC(C)OC(C)(CCC(C)(C)OC(C)(CCC(C)(C)OC(C)(OC(C)(C)CCC(C)(OC(C)(C)CCC(C)(OC(C)C)OC(C)C)OC(C)(C)CCC(C)(OC(C)C)OC(C)(C)C)C(C)(C)C)OC(C)(C)CCC(C)(OC(C)C)OC(C)C)OC(C)C. The topological polar surface area (TPSA) is 129 Å². The summed E-state index contributed by atoms with van der Waals surface area (Å²) in [6.45, 7) is 81.5. The van der Waals surface area contributed by atoms with Crippen molar-refractivity contribution in [3.8, 4) is 0 Å². The average Bonchev–Trinajstić information content (AvgIpc) is 1.13. The maximum Gasteiger partial charge on any atom is 0.171 e. The molecule has 0 radical (unpaired) electrons. The van der Waals surface area contributed by atoms with E-state index in [4.69, 9.17) is 66.3 Å². The zero-order chi connectivity index (χ0) is 68.9. The summed E-state index contributed by atoms with van der Waals surface area (Å²) in [5, 5.41) is 0. The van der Waals surface area contributed by atoms with E-state index in [9.17, 15) is 0 Å². The molecule has 0 heterocycles. The molecule has 0 fully saturated rings. The van der Waals surface area contributed by atoms with Gasteiger partial charge < -0.3 is 66.3 Å². The Morgan fingerprint density at radius 3 is 0.517 bits per heavy atom. The van der Waals surface area contributed by atoms with Gasteiger partial charge in [0.1, 0.15) is 0 Å². The van der Waals surface area contributed by atoms with Gasteiger partial charge in [-0.15, -0.1) is 0 Å². The second kappa shape index (κ2) is 32.7. The maximum atomic E-state index is 7.44. The van der Waals surface area contributed by atoms with Crippen molar-refractivity contribution in [2.45, 2.75) is 470 Å². The van der Waals surface area contributed by atoms with Crippen LogP contribution in [0.15, 0.2) is 0 Å². The van der Waals surface area contributed by atoms with Gasteiger partial charge in [-0.05, 0) is 288 Å². The third kappa shape index (κ3) is 36.6. The number of hydrogen-bond acceptors (Lipinski definition) is 14. The third-order valence-corrected chi connectivity index (χ3v) is 15.3. The summed E-state index contributed by atoms with van der Waals surface area (Å²) in [4.78, 5) is 0. The van der Waals surface area contributed by atoms with E-state index >= 15 is 0 Å². The molecule has 0 rings (SSSR count). The lowest BCUT2D eigenvalue weighted by Crippen LogP contribution is -2.55. The molecular weight excluding hydrogens is 1100 g/mol. The molecule has 0 aromatic carbocycles. The molecule has 0 aliphatic rings. The Bertz CT molecular complexity index is 1860. The number of ether oxygens (including phenoxy) is 14. The van der Waals surface area contributed by atoms with Crippen molar-refractivity contribution in [3.05, 3.63) is 0 Å². The largest absolute Gasteiger partial charge is 0.348 e. The molecule has 3 unspecified atom stereocenters. The van der Waals surface area contributed by atoms with E-state index in [1.54, 1.807) is 0 Å². The monoisotopic (exact) mass is 1250 g/mol. The summed E-state index contributed by atoms with van der Waals surface area (Å²) in [6.07, 6.45) is 7.09. The quantitative estimate of drug-likeness (QED) is 0.0536. The molecule has 0 aliphatic heterocycles. The highest BCUT2D eigenvalue weighted by molar-refractivity contribution is 4.92. The zero-order valence-corrected chi connectivity index (χ0v) is 64.7. The molecule has 524 valence electrons. The smallest absolute Gasteiger partial charge is 0.171 e. The van der Waals surface area contributed by atoms with Gasteiger partial charge in [0.2, 0.25) is 0 Å². The minimum absolute atomic E-state index is 0.0168. The van der Waals surface area contributed by atoms with Crippen LogP contribution in [0.3, 0.4) is 0 Å². The second-order valence-corrected chi connectivity index (χ2v) is 34.5. The summed E-state index contributed by atoms with van der Waals surface area (Å²) in [5.41, 5.74) is -4.97. The molecular formula is C73H148O14. The Morgan fingerprint density at radius 1 is 0.184 bits per heavy atom. The van der Waals surface area contributed by atoms with E-state index in [2.05, 4.69) is 145 Å². The molecule has 0 aromatic rings. The molecule has 0 amide bonds. The van der Waals surface area contributed by atoms with Gasteiger partial charge in [-0.2, -0.15) is 0 Å². The van der Waals surface area contributed by atoms with E-state index < -0.39 is 85.1 Å². The van der Waals surface area contributed by atoms with Gasteiger partial charge in [0, 0.05) is 43.9 Å². The Kier molecular flexibility index (Phi) is 32.5. The van der Waals surface area contributed by atoms with Gasteiger partial charge in [0.05, 0.1) is 81.9 Å². The molecule has 0 N–H and O–H groups in total. The van der Waals surface area contributed by atoms with Crippen molar-refractivity contribution in [3.63, 3.8) is 0 Å². The van der Waals surface area contributed by atoms with Crippen molar-refractivity contribution >= 4 is 0 Å². The van der Waals surface area contributed by atoms with Gasteiger partial charge in [0.15, 0.2) is 40.5 Å². The first-order valence-corrected chi connectivity index (χ1v) is 34.0. The summed E-state index contributed by atoms with van der Waals surface area (Å²) < 4.78 is 96.0. The van der Waals surface area contributed by atoms with Crippen LogP contribution < -0.4 is 0 Å². The first-order valence-electron chi connectivity index (χ1n) is 34.0. The summed E-state index contributed by atoms with van der Waals surface area (Å²) in [6, 6.07) is 0. The Hall–Kier alpha value is -0.560. The summed E-state index contributed by atoms with van der Waals surface area (Å²) in [5.74, 6) is -6.46. The molecule has 87 heavy (non-hydrogen) atoms. The first kappa shape index (κ1) is 86.4. The fourth-order valence-corrected chi connectivity index (χ4v) is 12.1. The summed E-state index contributed by atoms with van der Waals surface area (Å²) in [7, 11) is 0. The summed E-state index contributed by atoms with van der Waals surface area (Å²) >= 11 is 0. The molecule has 0 bridgehead atoms. The van der Waals surface area contributed by atoms with Gasteiger partial charge in [0.25, 0.3) is 0 Å². The van der Waals surface area contributed by atoms with Crippen LogP contribution in [0.1, 0.15) is 347 Å². The van der Waals surface area contributed by atoms with Crippen LogP contribution in [-0.4, -0.2) is 122 Å². The highest BCUT2D eigenvalue weighted by Crippen LogP contribution is 2.47. The lowest BCUT2D eigenvalue weighted by atomic mass is 9.84. The average molecular weight is 1250 g/mol. The van der Waals surface area contributed by atoms with E-state index in [1.807, 2.05) is 125 Å². The van der Waals surface area contributed by atoms with Crippen LogP contribution in [0.5, 0.6) is 0 Å². The van der Waals surface area contributed by atoms with Crippen molar-refractivity contribution in [2.24, 2.45) is 5.41 Å². The van der Waals surface area contributed by atoms with Crippen molar-refractivity contribution in [1.29, 1.82) is 0 Å². The fourth-order valence-electron chi connectivity index (χ4n) is 12.1. The molecule has 0 aliphatic carbocycles. The fraction of sp³-hybridized carbons (Fsp3) is 1.00. The van der Waals surface area contributed by atoms with Crippen LogP contribution in [0, 0.1) is 5.41 Å². The van der Waals surface area contributed by atoms with E-state index in [-0.39, 0.29) is 42.7 Å². The van der Waals surface area contributed by atoms with Crippen LogP contribution in [-0.2, 0) is 66.3 Å². The predicted molar refractivity (Wildman–Crippen MR) is 359 cm³/mol. The van der Waals surface area contributed by atoms with Crippen LogP contribution in [0.2, 0.25) is 0 Å². The third-order valence-electron chi connectivity index (χ3n) is 15.3. The van der Waals surface area contributed by atoms with Crippen molar-refractivity contribution in [2.75, 3.05) is 0 Å².